The summed E-state index contributed by atoms with van der Waals surface area (Å²) in [6.07, 6.45) is 11.1. The first kappa shape index (κ1) is 15.7. The molecule has 2 nitrogen and oxygen atoms in total. The van der Waals surface area contributed by atoms with Gasteiger partial charge in [-0.3, -0.25) is 0 Å². The summed E-state index contributed by atoms with van der Waals surface area (Å²) in [4.78, 5) is 0. The second kappa shape index (κ2) is 8.53. The minimum absolute atomic E-state index is 0.672. The van der Waals surface area contributed by atoms with Crippen LogP contribution in [0.5, 0.6) is 0 Å². The Morgan fingerprint density at radius 1 is 1.21 bits per heavy atom. The number of nitrogens with one attached hydrogen (secondary N) is 2. The Morgan fingerprint density at radius 3 is 2.95 bits per heavy atom. The Hall–Kier alpha value is 0.270. The van der Waals surface area contributed by atoms with Gasteiger partial charge in [-0.05, 0) is 57.7 Å². The molecule has 4 atom stereocenters. The fourth-order valence-electron chi connectivity index (χ4n) is 3.68. The van der Waals surface area contributed by atoms with Crippen molar-refractivity contribution in [3.8, 4) is 0 Å². The second-order valence-electron chi connectivity index (χ2n) is 6.39. The van der Waals surface area contributed by atoms with E-state index in [9.17, 15) is 0 Å². The van der Waals surface area contributed by atoms with Gasteiger partial charge in [0.1, 0.15) is 0 Å². The summed E-state index contributed by atoms with van der Waals surface area (Å²) in [5.74, 6) is 1.28. The molecule has 1 aliphatic heterocycles. The summed E-state index contributed by atoms with van der Waals surface area (Å²) >= 11 is 2.16. The van der Waals surface area contributed by atoms with Gasteiger partial charge in [-0.15, -0.1) is 0 Å². The van der Waals surface area contributed by atoms with Gasteiger partial charge in [0.15, 0.2) is 0 Å². The van der Waals surface area contributed by atoms with Gasteiger partial charge in [0.05, 0.1) is 0 Å². The van der Waals surface area contributed by atoms with Crippen LogP contribution in [-0.2, 0) is 0 Å². The lowest BCUT2D eigenvalue weighted by atomic mass is 10.0. The molecule has 2 N–H and O–H groups in total. The normalized spacial score (nSPS) is 34.1. The van der Waals surface area contributed by atoms with Gasteiger partial charge in [0.2, 0.25) is 0 Å². The molecule has 1 saturated heterocycles. The maximum absolute atomic E-state index is 3.88. The van der Waals surface area contributed by atoms with Crippen LogP contribution in [0.15, 0.2) is 0 Å². The molecule has 4 unspecified atom stereocenters. The standard InChI is InChI=1S/C16H32N2S/c1-3-19-16-9-8-15(12-16)18-13(2)11-14-7-5-4-6-10-17-14/h13-18H,3-12H2,1-2H3. The smallest absolute Gasteiger partial charge is 0.00817 e. The van der Waals surface area contributed by atoms with E-state index in [1.807, 2.05) is 0 Å². The average Bonchev–Trinajstić information content (AvgIpc) is 2.65. The molecule has 2 aliphatic rings. The Balaban J connectivity index is 1.65. The molecule has 0 spiro atoms. The summed E-state index contributed by atoms with van der Waals surface area (Å²) < 4.78 is 0. The van der Waals surface area contributed by atoms with Gasteiger partial charge >= 0.3 is 0 Å². The van der Waals surface area contributed by atoms with Crippen molar-refractivity contribution in [3.63, 3.8) is 0 Å². The van der Waals surface area contributed by atoms with E-state index in [1.54, 1.807) is 0 Å². The quantitative estimate of drug-likeness (QED) is 0.780. The van der Waals surface area contributed by atoms with Crippen LogP contribution in [0.1, 0.15) is 65.2 Å². The molecule has 1 heterocycles. The maximum atomic E-state index is 3.88. The first-order chi connectivity index (χ1) is 9.28. The van der Waals surface area contributed by atoms with Crippen molar-refractivity contribution in [2.45, 2.75) is 88.6 Å². The lowest BCUT2D eigenvalue weighted by Crippen LogP contribution is -2.40. The second-order valence-corrected chi connectivity index (χ2v) is 7.97. The first-order valence-electron chi connectivity index (χ1n) is 8.39. The third-order valence-corrected chi connectivity index (χ3v) is 5.84. The molecule has 2 fully saturated rings. The van der Waals surface area contributed by atoms with Crippen LogP contribution >= 0.6 is 11.8 Å². The van der Waals surface area contributed by atoms with Gasteiger partial charge in [-0.1, -0.05) is 19.8 Å². The number of rotatable bonds is 6. The van der Waals surface area contributed by atoms with Crippen LogP contribution in [0.3, 0.4) is 0 Å². The van der Waals surface area contributed by atoms with Crippen molar-refractivity contribution in [2.75, 3.05) is 12.3 Å². The number of hydrogen-bond acceptors (Lipinski definition) is 3. The third-order valence-electron chi connectivity index (χ3n) is 4.61. The van der Waals surface area contributed by atoms with Gasteiger partial charge in [0.25, 0.3) is 0 Å². The summed E-state index contributed by atoms with van der Waals surface area (Å²) in [5.41, 5.74) is 0. The molecule has 1 aliphatic carbocycles. The van der Waals surface area contributed by atoms with E-state index in [4.69, 9.17) is 0 Å². The molecule has 0 aromatic rings. The molecule has 112 valence electrons. The van der Waals surface area contributed by atoms with E-state index in [-0.39, 0.29) is 0 Å². The van der Waals surface area contributed by atoms with Crippen molar-refractivity contribution in [3.05, 3.63) is 0 Å². The SMILES string of the molecule is CCSC1CCC(NC(C)CC2CCCCCN2)C1. The Labute approximate surface area is 123 Å². The number of thioether (sulfide) groups is 1. The fraction of sp³-hybridized carbons (Fsp3) is 1.00. The number of hydrogen-bond donors (Lipinski definition) is 2. The molecule has 19 heavy (non-hydrogen) atoms. The largest absolute Gasteiger partial charge is 0.314 e. The van der Waals surface area contributed by atoms with Crippen molar-refractivity contribution < 1.29 is 0 Å². The zero-order valence-corrected chi connectivity index (χ0v) is 13.6. The van der Waals surface area contributed by atoms with Crippen molar-refractivity contribution >= 4 is 11.8 Å². The van der Waals surface area contributed by atoms with E-state index in [0.29, 0.717) is 6.04 Å². The van der Waals surface area contributed by atoms with E-state index in [1.165, 1.54) is 63.7 Å². The Bertz CT molecular complexity index is 239. The highest BCUT2D eigenvalue weighted by Gasteiger charge is 2.26. The van der Waals surface area contributed by atoms with E-state index in [0.717, 1.165) is 17.3 Å². The topological polar surface area (TPSA) is 24.1 Å². The van der Waals surface area contributed by atoms with Crippen LogP contribution in [0.25, 0.3) is 0 Å². The molecule has 2 rings (SSSR count). The summed E-state index contributed by atoms with van der Waals surface area (Å²) in [7, 11) is 0. The van der Waals surface area contributed by atoms with Gasteiger partial charge in [0, 0.05) is 23.4 Å². The average molecular weight is 285 g/mol. The molecule has 3 heteroatoms. The maximum Gasteiger partial charge on any atom is 0.00817 e. The van der Waals surface area contributed by atoms with Gasteiger partial charge < -0.3 is 10.6 Å². The van der Waals surface area contributed by atoms with E-state index < -0.39 is 0 Å². The minimum atomic E-state index is 0.672. The fourth-order valence-corrected chi connectivity index (χ4v) is 4.82. The van der Waals surface area contributed by atoms with Gasteiger partial charge in [-0.25, -0.2) is 0 Å². The zero-order chi connectivity index (χ0) is 13.5. The molecular formula is C16H32N2S. The summed E-state index contributed by atoms with van der Waals surface area (Å²) in [5, 5.41) is 8.53. The predicted octanol–water partition coefficient (Wildman–Crippen LogP) is 3.56. The lowest BCUT2D eigenvalue weighted by molar-refractivity contribution is 0.370. The minimum Gasteiger partial charge on any atom is -0.314 e. The lowest BCUT2D eigenvalue weighted by Gasteiger charge is -2.24. The monoisotopic (exact) mass is 284 g/mol. The summed E-state index contributed by atoms with van der Waals surface area (Å²) in [6, 6.07) is 2.21. The van der Waals surface area contributed by atoms with E-state index >= 15 is 0 Å². The highest BCUT2D eigenvalue weighted by molar-refractivity contribution is 7.99. The van der Waals surface area contributed by atoms with Gasteiger partial charge in [-0.2, -0.15) is 11.8 Å². The Kier molecular flexibility index (Phi) is 7.03. The highest BCUT2D eigenvalue weighted by Crippen LogP contribution is 2.30. The highest BCUT2D eigenvalue weighted by atomic mass is 32.2. The van der Waals surface area contributed by atoms with Crippen LogP contribution < -0.4 is 10.6 Å². The van der Waals surface area contributed by atoms with E-state index in [2.05, 4.69) is 36.2 Å². The molecule has 0 bridgehead atoms. The molecule has 0 aromatic heterocycles. The molecule has 0 amide bonds. The third kappa shape index (κ3) is 5.65. The van der Waals surface area contributed by atoms with Crippen molar-refractivity contribution in [1.29, 1.82) is 0 Å². The molecule has 0 aromatic carbocycles. The molecular weight excluding hydrogens is 252 g/mol. The predicted molar refractivity (Wildman–Crippen MR) is 87.0 cm³/mol. The Morgan fingerprint density at radius 2 is 2.11 bits per heavy atom. The zero-order valence-electron chi connectivity index (χ0n) is 12.8. The molecule has 1 saturated carbocycles. The summed E-state index contributed by atoms with van der Waals surface area (Å²) in [6.45, 7) is 5.90. The van der Waals surface area contributed by atoms with Crippen LogP contribution in [0.4, 0.5) is 0 Å². The van der Waals surface area contributed by atoms with Crippen molar-refractivity contribution in [1.82, 2.24) is 10.6 Å². The molecule has 0 radical (unpaired) electrons. The van der Waals surface area contributed by atoms with Crippen LogP contribution in [0.2, 0.25) is 0 Å². The van der Waals surface area contributed by atoms with Crippen LogP contribution in [0, 0.1) is 0 Å². The van der Waals surface area contributed by atoms with Crippen LogP contribution in [-0.4, -0.2) is 35.7 Å². The first-order valence-corrected chi connectivity index (χ1v) is 9.43. The van der Waals surface area contributed by atoms with Crippen molar-refractivity contribution in [2.24, 2.45) is 0 Å².